The van der Waals surface area contributed by atoms with Crippen molar-refractivity contribution in [1.29, 1.82) is 0 Å². The normalized spacial score (nSPS) is 25.2. The Morgan fingerprint density at radius 2 is 2.23 bits per heavy atom. The quantitative estimate of drug-likeness (QED) is 0.705. The van der Waals surface area contributed by atoms with Gasteiger partial charge in [-0.25, -0.2) is 13.1 Å². The van der Waals surface area contributed by atoms with E-state index in [-0.39, 0.29) is 0 Å². The summed E-state index contributed by atoms with van der Waals surface area (Å²) in [7, 11) is -3.02. The van der Waals surface area contributed by atoms with Gasteiger partial charge in [0.1, 0.15) is 0 Å². The van der Waals surface area contributed by atoms with E-state index in [1.165, 1.54) is 12.7 Å². The van der Waals surface area contributed by atoms with E-state index in [0.717, 1.165) is 19.5 Å². The second-order valence-corrected chi connectivity index (χ2v) is 5.38. The molecule has 0 aliphatic carbocycles. The second-order valence-electron chi connectivity index (χ2n) is 3.55. The summed E-state index contributed by atoms with van der Waals surface area (Å²) in [6.07, 6.45) is 3.50. The van der Waals surface area contributed by atoms with Gasteiger partial charge >= 0.3 is 0 Å². The number of hydrogen-bond donors (Lipinski definition) is 1. The molecule has 1 saturated heterocycles. The van der Waals surface area contributed by atoms with E-state index >= 15 is 0 Å². The van der Waals surface area contributed by atoms with Gasteiger partial charge in [0.2, 0.25) is 10.0 Å². The molecule has 0 amide bonds. The molecule has 1 unspecified atom stereocenters. The molecule has 78 valence electrons. The van der Waals surface area contributed by atoms with Gasteiger partial charge in [-0.15, -0.1) is 0 Å². The molecule has 1 atom stereocenters. The van der Waals surface area contributed by atoms with E-state index in [1.807, 2.05) is 0 Å². The maximum absolute atomic E-state index is 10.9. The fourth-order valence-corrected chi connectivity index (χ4v) is 2.29. The molecule has 0 aromatic heterocycles. The Balaban J connectivity index is 2.36. The Bertz CT molecular complexity index is 251. The van der Waals surface area contributed by atoms with Gasteiger partial charge in [0.05, 0.1) is 6.26 Å². The first-order valence-electron chi connectivity index (χ1n) is 4.71. The topological polar surface area (TPSA) is 49.4 Å². The molecule has 13 heavy (non-hydrogen) atoms. The standard InChI is InChI=1S/C8H18N2O2S/c1-3-10-6-4-5-8(10)7-9-13(2,11)12/h8-9H,3-7H2,1-2H3. The van der Waals surface area contributed by atoms with Crippen LogP contribution in [0.4, 0.5) is 0 Å². The number of rotatable bonds is 4. The molecular weight excluding hydrogens is 188 g/mol. The largest absolute Gasteiger partial charge is 0.299 e. The molecule has 0 aromatic carbocycles. The molecule has 0 spiro atoms. The fourth-order valence-electron chi connectivity index (χ4n) is 1.79. The highest BCUT2D eigenvalue weighted by Crippen LogP contribution is 2.15. The van der Waals surface area contributed by atoms with Gasteiger partial charge in [-0.1, -0.05) is 6.92 Å². The molecule has 1 aliphatic rings. The third kappa shape index (κ3) is 3.62. The van der Waals surface area contributed by atoms with Crippen molar-refractivity contribution in [2.75, 3.05) is 25.9 Å². The smallest absolute Gasteiger partial charge is 0.208 e. The van der Waals surface area contributed by atoms with Crippen molar-refractivity contribution in [3.8, 4) is 0 Å². The van der Waals surface area contributed by atoms with E-state index in [2.05, 4.69) is 16.5 Å². The molecule has 0 saturated carbocycles. The summed E-state index contributed by atoms with van der Waals surface area (Å²) in [4.78, 5) is 2.32. The van der Waals surface area contributed by atoms with Crippen molar-refractivity contribution in [3.63, 3.8) is 0 Å². The van der Waals surface area contributed by atoms with Crippen molar-refractivity contribution in [2.24, 2.45) is 0 Å². The third-order valence-electron chi connectivity index (χ3n) is 2.49. The number of likely N-dealkylation sites (N-methyl/N-ethyl adjacent to an activating group) is 1. The van der Waals surface area contributed by atoms with Crippen LogP contribution in [0.3, 0.4) is 0 Å². The number of hydrogen-bond acceptors (Lipinski definition) is 3. The summed E-state index contributed by atoms with van der Waals surface area (Å²) < 4.78 is 24.3. The van der Waals surface area contributed by atoms with E-state index in [9.17, 15) is 8.42 Å². The summed E-state index contributed by atoms with van der Waals surface area (Å²) in [6.45, 7) is 4.79. The summed E-state index contributed by atoms with van der Waals surface area (Å²) in [5.41, 5.74) is 0. The third-order valence-corrected chi connectivity index (χ3v) is 3.18. The molecule has 1 fully saturated rings. The van der Waals surface area contributed by atoms with Crippen LogP contribution in [0.25, 0.3) is 0 Å². The first-order chi connectivity index (χ1) is 6.03. The van der Waals surface area contributed by atoms with Crippen LogP contribution in [0.15, 0.2) is 0 Å². The zero-order valence-electron chi connectivity index (χ0n) is 8.28. The maximum Gasteiger partial charge on any atom is 0.208 e. The predicted octanol–water partition coefficient (Wildman–Crippen LogP) is 0.0199. The Hall–Kier alpha value is -0.130. The summed E-state index contributed by atoms with van der Waals surface area (Å²) in [5.74, 6) is 0. The first kappa shape index (κ1) is 10.9. The van der Waals surface area contributed by atoms with Crippen molar-refractivity contribution < 1.29 is 8.42 Å². The first-order valence-corrected chi connectivity index (χ1v) is 6.60. The van der Waals surface area contributed by atoms with Crippen molar-refractivity contribution in [1.82, 2.24) is 9.62 Å². The van der Waals surface area contributed by atoms with Crippen molar-refractivity contribution in [3.05, 3.63) is 0 Å². The van der Waals surface area contributed by atoms with Crippen LogP contribution >= 0.6 is 0 Å². The lowest BCUT2D eigenvalue weighted by Gasteiger charge is -2.22. The van der Waals surface area contributed by atoms with Crippen LogP contribution in [0.5, 0.6) is 0 Å². The van der Waals surface area contributed by atoms with E-state index in [4.69, 9.17) is 0 Å². The van der Waals surface area contributed by atoms with Crippen LogP contribution in [-0.4, -0.2) is 45.2 Å². The second kappa shape index (κ2) is 4.39. The van der Waals surface area contributed by atoms with Crippen LogP contribution in [-0.2, 0) is 10.0 Å². The molecule has 0 aromatic rings. The average Bonchev–Trinajstić information content (AvgIpc) is 2.46. The summed E-state index contributed by atoms with van der Waals surface area (Å²) in [6, 6.07) is 0.403. The Morgan fingerprint density at radius 1 is 1.54 bits per heavy atom. The van der Waals surface area contributed by atoms with Gasteiger partial charge in [0, 0.05) is 12.6 Å². The van der Waals surface area contributed by atoms with Crippen LogP contribution in [0, 0.1) is 0 Å². The highest BCUT2D eigenvalue weighted by atomic mass is 32.2. The van der Waals surface area contributed by atoms with Gasteiger partial charge in [0.25, 0.3) is 0 Å². The lowest BCUT2D eigenvalue weighted by atomic mass is 10.2. The van der Waals surface area contributed by atoms with Crippen LogP contribution in [0.1, 0.15) is 19.8 Å². The van der Waals surface area contributed by atoms with E-state index in [1.54, 1.807) is 0 Å². The molecule has 1 N–H and O–H groups in total. The summed E-state index contributed by atoms with van der Waals surface area (Å²) >= 11 is 0. The zero-order valence-corrected chi connectivity index (χ0v) is 9.10. The van der Waals surface area contributed by atoms with Gasteiger partial charge in [-0.3, -0.25) is 4.90 Å². The molecule has 4 nitrogen and oxygen atoms in total. The molecule has 1 rings (SSSR count). The Kier molecular flexibility index (Phi) is 3.70. The molecular formula is C8H18N2O2S. The number of likely N-dealkylation sites (tertiary alicyclic amines) is 1. The Morgan fingerprint density at radius 3 is 2.77 bits per heavy atom. The highest BCUT2D eigenvalue weighted by Gasteiger charge is 2.23. The maximum atomic E-state index is 10.9. The molecule has 5 heteroatoms. The predicted molar refractivity (Wildman–Crippen MR) is 53.1 cm³/mol. The van der Waals surface area contributed by atoms with Gasteiger partial charge < -0.3 is 0 Å². The van der Waals surface area contributed by atoms with Crippen LogP contribution in [0.2, 0.25) is 0 Å². The number of nitrogens with zero attached hydrogens (tertiary/aromatic N) is 1. The minimum atomic E-state index is -3.02. The van der Waals surface area contributed by atoms with Gasteiger partial charge in [0.15, 0.2) is 0 Å². The monoisotopic (exact) mass is 206 g/mol. The summed E-state index contributed by atoms with van der Waals surface area (Å²) in [5, 5.41) is 0. The fraction of sp³-hybridized carbons (Fsp3) is 1.00. The average molecular weight is 206 g/mol. The molecule has 1 aliphatic heterocycles. The van der Waals surface area contributed by atoms with Crippen molar-refractivity contribution in [2.45, 2.75) is 25.8 Å². The van der Waals surface area contributed by atoms with Gasteiger partial charge in [-0.05, 0) is 25.9 Å². The highest BCUT2D eigenvalue weighted by molar-refractivity contribution is 7.88. The lowest BCUT2D eigenvalue weighted by molar-refractivity contribution is 0.268. The number of sulfonamides is 1. The molecule has 0 radical (unpaired) electrons. The van der Waals surface area contributed by atoms with Gasteiger partial charge in [-0.2, -0.15) is 0 Å². The lowest BCUT2D eigenvalue weighted by Crippen LogP contribution is -2.39. The van der Waals surface area contributed by atoms with Crippen LogP contribution < -0.4 is 4.72 Å². The van der Waals surface area contributed by atoms with Crippen molar-refractivity contribution >= 4 is 10.0 Å². The SMILES string of the molecule is CCN1CCCC1CNS(C)(=O)=O. The van der Waals surface area contributed by atoms with E-state index < -0.39 is 10.0 Å². The zero-order chi connectivity index (χ0) is 9.90. The Labute approximate surface area is 80.4 Å². The molecule has 0 bridgehead atoms. The minimum absolute atomic E-state index is 0.403. The van der Waals surface area contributed by atoms with E-state index in [0.29, 0.717) is 12.6 Å². The minimum Gasteiger partial charge on any atom is -0.299 e. The number of nitrogens with one attached hydrogen (secondary N) is 1. The molecule has 1 heterocycles.